The first kappa shape index (κ1) is 12.4. The Morgan fingerprint density at radius 3 is 2.83 bits per heavy atom. The summed E-state index contributed by atoms with van der Waals surface area (Å²) < 4.78 is 0. The molecule has 0 fully saturated rings. The Bertz CT molecular complexity index is 578. The van der Waals surface area contributed by atoms with Crippen LogP contribution in [0.2, 0.25) is 5.02 Å². The van der Waals surface area contributed by atoms with Gasteiger partial charge in [-0.15, -0.1) is 0 Å². The van der Waals surface area contributed by atoms with Crippen molar-refractivity contribution in [3.8, 4) is 0 Å². The third-order valence-electron chi connectivity index (χ3n) is 2.42. The first-order chi connectivity index (χ1) is 8.56. The number of carbonyl (C=O) groups is 1. The van der Waals surface area contributed by atoms with Gasteiger partial charge in [-0.25, -0.2) is 4.98 Å². The molecule has 0 aliphatic rings. The van der Waals surface area contributed by atoms with E-state index in [1.165, 1.54) is 0 Å². The Labute approximate surface area is 110 Å². The summed E-state index contributed by atoms with van der Waals surface area (Å²) in [6.45, 7) is 1.87. The Balaban J connectivity index is 2.25. The molecule has 5 heteroatoms. The van der Waals surface area contributed by atoms with E-state index < -0.39 is 0 Å². The molecule has 0 aliphatic carbocycles. The smallest absolute Gasteiger partial charge is 0.256 e. The fourth-order valence-electron chi connectivity index (χ4n) is 1.54. The number of halogens is 1. The number of rotatable bonds is 2. The van der Waals surface area contributed by atoms with E-state index in [0.29, 0.717) is 22.1 Å². The van der Waals surface area contributed by atoms with E-state index in [4.69, 9.17) is 17.3 Å². The summed E-state index contributed by atoms with van der Waals surface area (Å²) in [7, 11) is 0. The first-order valence-electron chi connectivity index (χ1n) is 5.35. The van der Waals surface area contributed by atoms with Gasteiger partial charge in [-0.3, -0.25) is 4.79 Å². The molecule has 4 nitrogen and oxygen atoms in total. The van der Waals surface area contributed by atoms with E-state index in [1.807, 2.05) is 19.1 Å². The highest BCUT2D eigenvalue weighted by Crippen LogP contribution is 2.18. The number of nitrogens with one attached hydrogen (secondary N) is 1. The number of aromatic nitrogens is 1. The minimum atomic E-state index is -0.286. The van der Waals surface area contributed by atoms with Gasteiger partial charge in [0.2, 0.25) is 0 Å². The lowest BCUT2D eigenvalue weighted by Crippen LogP contribution is -2.14. The molecule has 0 aliphatic heterocycles. The van der Waals surface area contributed by atoms with Crippen LogP contribution < -0.4 is 11.1 Å². The topological polar surface area (TPSA) is 68.0 Å². The summed E-state index contributed by atoms with van der Waals surface area (Å²) in [6.07, 6.45) is 1.62. The predicted octanol–water partition coefficient (Wildman–Crippen LogP) is 2.88. The zero-order valence-corrected chi connectivity index (χ0v) is 10.5. The molecule has 1 heterocycles. The summed E-state index contributed by atoms with van der Waals surface area (Å²) >= 11 is 5.85. The number of benzene rings is 1. The molecule has 0 atom stereocenters. The number of anilines is 2. The van der Waals surface area contributed by atoms with Gasteiger partial charge in [0.15, 0.2) is 0 Å². The summed E-state index contributed by atoms with van der Waals surface area (Å²) in [5.41, 5.74) is 7.39. The number of carbonyl (C=O) groups excluding carboxylic acids is 1. The van der Waals surface area contributed by atoms with Crippen molar-refractivity contribution < 1.29 is 4.79 Å². The number of nitrogen functional groups attached to an aromatic ring is 1. The highest BCUT2D eigenvalue weighted by atomic mass is 35.5. The summed E-state index contributed by atoms with van der Waals surface area (Å²) in [5.74, 6) is 0.243. The molecular formula is C13H12ClN3O. The molecule has 3 N–H and O–H groups in total. The third-order valence-corrected chi connectivity index (χ3v) is 2.64. The molecule has 18 heavy (non-hydrogen) atoms. The lowest BCUT2D eigenvalue weighted by Gasteiger charge is -2.07. The number of amides is 1. The molecule has 0 unspecified atom stereocenters. The maximum Gasteiger partial charge on any atom is 0.256 e. The molecule has 0 radical (unpaired) electrons. The van der Waals surface area contributed by atoms with Gasteiger partial charge in [0.1, 0.15) is 5.82 Å². The number of hydrogen-bond acceptors (Lipinski definition) is 3. The highest BCUT2D eigenvalue weighted by molar-refractivity contribution is 6.31. The van der Waals surface area contributed by atoms with E-state index in [0.717, 1.165) is 5.56 Å². The lowest BCUT2D eigenvalue weighted by atomic mass is 10.2. The van der Waals surface area contributed by atoms with Crippen molar-refractivity contribution in [2.45, 2.75) is 6.92 Å². The van der Waals surface area contributed by atoms with Crippen molar-refractivity contribution in [2.75, 3.05) is 11.1 Å². The molecule has 1 aromatic carbocycles. The number of aryl methyl sites for hydroxylation is 1. The van der Waals surface area contributed by atoms with Crippen LogP contribution in [0.5, 0.6) is 0 Å². The number of pyridine rings is 1. The maximum atomic E-state index is 12.0. The van der Waals surface area contributed by atoms with Crippen LogP contribution in [-0.4, -0.2) is 10.9 Å². The van der Waals surface area contributed by atoms with Gasteiger partial charge in [-0.05, 0) is 36.8 Å². The average molecular weight is 262 g/mol. The molecule has 1 aromatic heterocycles. The van der Waals surface area contributed by atoms with Gasteiger partial charge >= 0.3 is 0 Å². The SMILES string of the molecule is Cc1cccnc1NC(=O)c1cc(N)cc(Cl)c1. The summed E-state index contributed by atoms with van der Waals surface area (Å²) in [5, 5.41) is 3.15. The maximum absolute atomic E-state index is 12.0. The minimum absolute atomic E-state index is 0.286. The van der Waals surface area contributed by atoms with Crippen molar-refractivity contribution in [1.82, 2.24) is 4.98 Å². The standard InChI is InChI=1S/C13H12ClN3O/c1-8-3-2-4-16-12(8)17-13(18)9-5-10(14)7-11(15)6-9/h2-7H,15H2,1H3,(H,16,17,18). The van der Waals surface area contributed by atoms with Crippen LogP contribution >= 0.6 is 11.6 Å². The van der Waals surface area contributed by atoms with Crippen molar-refractivity contribution in [3.05, 3.63) is 52.7 Å². The Kier molecular flexibility index (Phi) is 3.48. The lowest BCUT2D eigenvalue weighted by molar-refractivity contribution is 0.102. The normalized spacial score (nSPS) is 10.1. The number of hydrogen-bond donors (Lipinski definition) is 2. The van der Waals surface area contributed by atoms with Crippen molar-refractivity contribution in [2.24, 2.45) is 0 Å². The summed E-state index contributed by atoms with van der Waals surface area (Å²) in [4.78, 5) is 16.1. The van der Waals surface area contributed by atoms with E-state index in [2.05, 4.69) is 10.3 Å². The van der Waals surface area contributed by atoms with E-state index in [1.54, 1.807) is 24.4 Å². The Morgan fingerprint density at radius 2 is 2.17 bits per heavy atom. The van der Waals surface area contributed by atoms with Crippen molar-refractivity contribution in [1.29, 1.82) is 0 Å². The second-order valence-corrected chi connectivity index (χ2v) is 4.33. The second kappa shape index (κ2) is 5.06. The average Bonchev–Trinajstić information content (AvgIpc) is 2.31. The van der Waals surface area contributed by atoms with Crippen LogP contribution in [-0.2, 0) is 0 Å². The largest absolute Gasteiger partial charge is 0.399 e. The van der Waals surface area contributed by atoms with Crippen LogP contribution in [0.15, 0.2) is 36.5 Å². The van der Waals surface area contributed by atoms with Crippen molar-refractivity contribution in [3.63, 3.8) is 0 Å². The molecule has 0 saturated heterocycles. The quantitative estimate of drug-likeness (QED) is 0.817. The van der Waals surface area contributed by atoms with Gasteiger partial charge in [0, 0.05) is 22.5 Å². The van der Waals surface area contributed by atoms with Crippen LogP contribution in [0.1, 0.15) is 15.9 Å². The van der Waals surface area contributed by atoms with Gasteiger partial charge in [0.25, 0.3) is 5.91 Å². The first-order valence-corrected chi connectivity index (χ1v) is 5.73. The fraction of sp³-hybridized carbons (Fsp3) is 0.0769. The molecule has 0 spiro atoms. The molecule has 0 saturated carbocycles. The van der Waals surface area contributed by atoms with Crippen molar-refractivity contribution >= 4 is 29.0 Å². The van der Waals surface area contributed by atoms with Crippen LogP contribution in [0.3, 0.4) is 0 Å². The zero-order valence-electron chi connectivity index (χ0n) is 9.77. The fourth-order valence-corrected chi connectivity index (χ4v) is 1.78. The van der Waals surface area contributed by atoms with Gasteiger partial charge in [0.05, 0.1) is 0 Å². The number of nitrogens with two attached hydrogens (primary N) is 1. The second-order valence-electron chi connectivity index (χ2n) is 3.90. The molecule has 2 aromatic rings. The summed E-state index contributed by atoms with van der Waals surface area (Å²) in [6, 6.07) is 8.40. The van der Waals surface area contributed by atoms with Crippen LogP contribution in [0, 0.1) is 6.92 Å². The molecule has 1 amide bonds. The van der Waals surface area contributed by atoms with Gasteiger partial charge in [-0.2, -0.15) is 0 Å². The van der Waals surface area contributed by atoms with E-state index >= 15 is 0 Å². The molecule has 0 bridgehead atoms. The minimum Gasteiger partial charge on any atom is -0.399 e. The van der Waals surface area contributed by atoms with Crippen LogP contribution in [0.4, 0.5) is 11.5 Å². The zero-order chi connectivity index (χ0) is 13.1. The van der Waals surface area contributed by atoms with E-state index in [9.17, 15) is 4.79 Å². The van der Waals surface area contributed by atoms with Gasteiger partial charge < -0.3 is 11.1 Å². The highest BCUT2D eigenvalue weighted by Gasteiger charge is 2.09. The third kappa shape index (κ3) is 2.78. The van der Waals surface area contributed by atoms with Gasteiger partial charge in [-0.1, -0.05) is 17.7 Å². The van der Waals surface area contributed by atoms with E-state index in [-0.39, 0.29) is 5.91 Å². The van der Waals surface area contributed by atoms with Crippen LogP contribution in [0.25, 0.3) is 0 Å². The molecular weight excluding hydrogens is 250 g/mol. The Morgan fingerprint density at radius 1 is 1.39 bits per heavy atom. The molecule has 92 valence electrons. The molecule has 2 rings (SSSR count). The Hall–Kier alpha value is -2.07. The predicted molar refractivity (Wildman–Crippen MR) is 72.8 cm³/mol. The monoisotopic (exact) mass is 261 g/mol. The number of nitrogens with zero attached hydrogens (tertiary/aromatic N) is 1.